The Kier molecular flexibility index (Phi) is 3.92. The van der Waals surface area contributed by atoms with Gasteiger partial charge in [-0.1, -0.05) is 18.2 Å². The van der Waals surface area contributed by atoms with Gasteiger partial charge in [0.1, 0.15) is 0 Å². The van der Waals surface area contributed by atoms with E-state index in [-0.39, 0.29) is 0 Å². The van der Waals surface area contributed by atoms with E-state index in [2.05, 4.69) is 34.2 Å². The molecule has 0 saturated carbocycles. The van der Waals surface area contributed by atoms with Gasteiger partial charge in [0.2, 0.25) is 0 Å². The number of anilines is 1. The minimum Gasteiger partial charge on any atom is -0.378 e. The molecule has 1 aromatic carbocycles. The van der Waals surface area contributed by atoms with Gasteiger partial charge in [-0.3, -0.25) is 4.99 Å². The smallest absolute Gasteiger partial charge is 0.0361 e. The average Bonchev–Trinajstić information content (AvgIpc) is 2.19. The van der Waals surface area contributed by atoms with Crippen molar-refractivity contribution in [1.82, 2.24) is 0 Å². The van der Waals surface area contributed by atoms with Crippen LogP contribution in [0.3, 0.4) is 0 Å². The van der Waals surface area contributed by atoms with Crippen molar-refractivity contribution >= 4 is 18.0 Å². The molecule has 0 radical (unpaired) electrons. The van der Waals surface area contributed by atoms with E-state index < -0.39 is 0 Å². The van der Waals surface area contributed by atoms with Crippen LogP contribution in [0.25, 0.3) is 6.08 Å². The molecule has 1 rings (SSSR count). The van der Waals surface area contributed by atoms with E-state index in [1.165, 1.54) is 11.3 Å². The maximum absolute atomic E-state index is 3.88. The van der Waals surface area contributed by atoms with Crippen molar-refractivity contribution in [1.29, 1.82) is 0 Å². The summed E-state index contributed by atoms with van der Waals surface area (Å²) in [6.45, 7) is 0. The molecule has 0 aliphatic rings. The Morgan fingerprint density at radius 3 is 2.29 bits per heavy atom. The van der Waals surface area contributed by atoms with Crippen LogP contribution in [-0.2, 0) is 0 Å². The summed E-state index contributed by atoms with van der Waals surface area (Å²) in [5, 5.41) is 0. The Balaban J connectivity index is 2.73. The molecule has 0 spiro atoms. The summed E-state index contributed by atoms with van der Waals surface area (Å²) < 4.78 is 0. The van der Waals surface area contributed by atoms with Crippen molar-refractivity contribution in [2.24, 2.45) is 4.99 Å². The van der Waals surface area contributed by atoms with Crippen LogP contribution < -0.4 is 4.90 Å². The number of rotatable bonds is 3. The van der Waals surface area contributed by atoms with Crippen molar-refractivity contribution < 1.29 is 0 Å². The molecule has 0 unspecified atom stereocenters. The lowest BCUT2D eigenvalue weighted by atomic mass is 10.2. The second-order valence-corrected chi connectivity index (χ2v) is 3.25. The van der Waals surface area contributed by atoms with Gasteiger partial charge in [0, 0.05) is 33.0 Å². The van der Waals surface area contributed by atoms with Crippen LogP contribution in [0.4, 0.5) is 5.69 Å². The maximum atomic E-state index is 3.88. The van der Waals surface area contributed by atoms with Gasteiger partial charge in [0.05, 0.1) is 0 Å². The van der Waals surface area contributed by atoms with Crippen LogP contribution >= 0.6 is 0 Å². The number of nitrogens with zero attached hydrogens (tertiary/aromatic N) is 2. The van der Waals surface area contributed by atoms with Gasteiger partial charge < -0.3 is 4.90 Å². The summed E-state index contributed by atoms with van der Waals surface area (Å²) in [4.78, 5) is 5.96. The molecule has 0 amide bonds. The van der Waals surface area contributed by atoms with E-state index in [4.69, 9.17) is 0 Å². The van der Waals surface area contributed by atoms with Gasteiger partial charge in [0.15, 0.2) is 0 Å². The first kappa shape index (κ1) is 10.5. The number of allylic oxidation sites excluding steroid dienone is 1. The summed E-state index contributed by atoms with van der Waals surface area (Å²) in [6, 6.07) is 8.39. The van der Waals surface area contributed by atoms with Gasteiger partial charge in [-0.05, 0) is 23.8 Å². The second kappa shape index (κ2) is 5.22. The van der Waals surface area contributed by atoms with E-state index in [1.807, 2.05) is 26.2 Å². The molecule has 14 heavy (non-hydrogen) atoms. The first-order valence-corrected chi connectivity index (χ1v) is 4.60. The normalized spacial score (nSPS) is 11.4. The minimum absolute atomic E-state index is 1.19. The first-order chi connectivity index (χ1) is 6.74. The largest absolute Gasteiger partial charge is 0.378 e. The van der Waals surface area contributed by atoms with Gasteiger partial charge >= 0.3 is 0 Å². The fourth-order valence-electron chi connectivity index (χ4n) is 1.12. The van der Waals surface area contributed by atoms with Crippen LogP contribution in [0.5, 0.6) is 0 Å². The quantitative estimate of drug-likeness (QED) is 0.665. The van der Waals surface area contributed by atoms with Crippen molar-refractivity contribution in [3.63, 3.8) is 0 Å². The Morgan fingerprint density at radius 1 is 1.14 bits per heavy atom. The molecule has 0 aromatic heterocycles. The third kappa shape index (κ3) is 3.05. The summed E-state index contributed by atoms with van der Waals surface area (Å²) in [5.41, 5.74) is 2.40. The molecule has 74 valence electrons. The Bertz CT molecular complexity index is 321. The summed E-state index contributed by atoms with van der Waals surface area (Å²) in [5.74, 6) is 0. The van der Waals surface area contributed by atoms with E-state index in [0.717, 1.165) is 0 Å². The molecule has 2 nitrogen and oxygen atoms in total. The molecule has 0 atom stereocenters. The number of aliphatic imine (C=N–C) groups is 1. The SMILES string of the molecule is CN=CC=Cc1ccc(N(C)C)cc1. The molecular formula is C12H16N2. The molecule has 0 heterocycles. The summed E-state index contributed by atoms with van der Waals surface area (Å²) in [6.07, 6.45) is 5.75. The molecule has 0 bridgehead atoms. The topological polar surface area (TPSA) is 15.6 Å². The van der Waals surface area contributed by atoms with E-state index in [0.29, 0.717) is 0 Å². The van der Waals surface area contributed by atoms with Crippen LogP contribution in [0, 0.1) is 0 Å². The second-order valence-electron chi connectivity index (χ2n) is 3.25. The van der Waals surface area contributed by atoms with Crippen molar-refractivity contribution in [2.75, 3.05) is 26.0 Å². The molecule has 0 saturated heterocycles. The third-order valence-electron chi connectivity index (χ3n) is 1.93. The predicted octanol–water partition coefficient (Wildman–Crippen LogP) is 2.47. The first-order valence-electron chi connectivity index (χ1n) is 4.60. The van der Waals surface area contributed by atoms with Crippen molar-refractivity contribution in [3.8, 4) is 0 Å². The van der Waals surface area contributed by atoms with E-state index in [9.17, 15) is 0 Å². The van der Waals surface area contributed by atoms with Crippen molar-refractivity contribution in [2.45, 2.75) is 0 Å². The molecule has 1 aromatic rings. The Morgan fingerprint density at radius 2 is 1.79 bits per heavy atom. The summed E-state index contributed by atoms with van der Waals surface area (Å²) in [7, 11) is 5.84. The zero-order chi connectivity index (χ0) is 10.4. The predicted molar refractivity (Wildman–Crippen MR) is 64.2 cm³/mol. The maximum Gasteiger partial charge on any atom is 0.0361 e. The lowest BCUT2D eigenvalue weighted by Gasteiger charge is -2.11. The van der Waals surface area contributed by atoms with Crippen LogP contribution in [-0.4, -0.2) is 27.4 Å². The zero-order valence-corrected chi connectivity index (χ0v) is 8.94. The highest BCUT2D eigenvalue weighted by Gasteiger charge is 1.92. The monoisotopic (exact) mass is 188 g/mol. The minimum atomic E-state index is 1.19. The summed E-state index contributed by atoms with van der Waals surface area (Å²) >= 11 is 0. The number of hydrogen-bond donors (Lipinski definition) is 0. The number of hydrogen-bond acceptors (Lipinski definition) is 2. The highest BCUT2D eigenvalue weighted by Crippen LogP contribution is 2.12. The fourth-order valence-corrected chi connectivity index (χ4v) is 1.12. The van der Waals surface area contributed by atoms with Crippen molar-refractivity contribution in [3.05, 3.63) is 35.9 Å². The Hall–Kier alpha value is -1.57. The molecule has 0 aliphatic carbocycles. The number of benzene rings is 1. The van der Waals surface area contributed by atoms with Crippen LogP contribution in [0.2, 0.25) is 0 Å². The molecule has 0 aliphatic heterocycles. The highest BCUT2D eigenvalue weighted by molar-refractivity contribution is 5.78. The lowest BCUT2D eigenvalue weighted by Crippen LogP contribution is -2.07. The van der Waals surface area contributed by atoms with Crippen LogP contribution in [0.15, 0.2) is 35.3 Å². The molecule has 0 fully saturated rings. The van der Waals surface area contributed by atoms with E-state index >= 15 is 0 Å². The third-order valence-corrected chi connectivity index (χ3v) is 1.93. The average molecular weight is 188 g/mol. The van der Waals surface area contributed by atoms with Gasteiger partial charge in [-0.25, -0.2) is 0 Å². The fraction of sp³-hybridized carbons (Fsp3) is 0.250. The molecule has 2 heteroatoms. The standard InChI is InChI=1S/C12H16N2/c1-13-10-4-5-11-6-8-12(9-7-11)14(2)3/h4-10H,1-3H3. The zero-order valence-electron chi connectivity index (χ0n) is 8.94. The lowest BCUT2D eigenvalue weighted by molar-refractivity contribution is 1.13. The highest BCUT2D eigenvalue weighted by atomic mass is 15.1. The van der Waals surface area contributed by atoms with E-state index in [1.54, 1.807) is 13.3 Å². The van der Waals surface area contributed by atoms with Crippen LogP contribution in [0.1, 0.15) is 5.56 Å². The van der Waals surface area contributed by atoms with Gasteiger partial charge in [0.25, 0.3) is 0 Å². The molecular weight excluding hydrogens is 172 g/mol. The molecule has 0 N–H and O–H groups in total. The van der Waals surface area contributed by atoms with Gasteiger partial charge in [-0.15, -0.1) is 0 Å². The Labute approximate surface area is 85.6 Å². The van der Waals surface area contributed by atoms with Gasteiger partial charge in [-0.2, -0.15) is 0 Å².